The Labute approximate surface area is 143 Å². The number of carbonyl (C=O) groups excluding carboxylic acids is 1. The number of hydrogen-bond acceptors (Lipinski definition) is 2. The van der Waals surface area contributed by atoms with E-state index in [4.69, 9.17) is 16.3 Å². The fourth-order valence-electron chi connectivity index (χ4n) is 1.63. The molecule has 0 radical (unpaired) electrons. The summed E-state index contributed by atoms with van der Waals surface area (Å²) < 4.78 is 6.95. The number of halogens is 3. The molecule has 6 heteroatoms. The Hall–Kier alpha value is -0.790. The highest BCUT2D eigenvalue weighted by molar-refractivity contribution is 14.1. The van der Waals surface area contributed by atoms with Crippen molar-refractivity contribution in [1.82, 2.24) is 0 Å². The lowest BCUT2D eigenvalue weighted by Gasteiger charge is -2.11. The molecular formula is C14H10BrClINO2. The normalized spacial score (nSPS) is 10.2. The van der Waals surface area contributed by atoms with Gasteiger partial charge < -0.3 is 10.1 Å². The first-order valence-corrected chi connectivity index (χ1v) is 7.86. The Morgan fingerprint density at radius 3 is 2.70 bits per heavy atom. The van der Waals surface area contributed by atoms with Gasteiger partial charge in [0.1, 0.15) is 5.75 Å². The summed E-state index contributed by atoms with van der Waals surface area (Å²) in [5.41, 5.74) is 1.19. The number of anilines is 1. The smallest absolute Gasteiger partial charge is 0.259 e. The van der Waals surface area contributed by atoms with Crippen molar-refractivity contribution in [3.8, 4) is 5.75 Å². The molecule has 0 saturated heterocycles. The van der Waals surface area contributed by atoms with Gasteiger partial charge in [0.25, 0.3) is 5.91 Å². The van der Waals surface area contributed by atoms with Crippen LogP contribution in [0.25, 0.3) is 0 Å². The first kappa shape index (κ1) is 15.6. The van der Waals surface area contributed by atoms with Gasteiger partial charge in [-0.25, -0.2) is 0 Å². The summed E-state index contributed by atoms with van der Waals surface area (Å²) in [6, 6.07) is 10.6. The maximum atomic E-state index is 12.3. The molecule has 0 spiro atoms. The van der Waals surface area contributed by atoms with Gasteiger partial charge in [0, 0.05) is 13.1 Å². The molecule has 1 amide bonds. The summed E-state index contributed by atoms with van der Waals surface area (Å²) in [6.45, 7) is 0. The van der Waals surface area contributed by atoms with Gasteiger partial charge in [-0.15, -0.1) is 0 Å². The van der Waals surface area contributed by atoms with E-state index in [1.165, 1.54) is 7.11 Å². The standard InChI is InChI=1S/C14H10BrClINO2/c1-20-13-6-8(15)2-4-10(13)14(19)18-12-5-3-9(16)7-11(12)17/h2-7H,1H3,(H,18,19). The Kier molecular flexibility index (Phi) is 5.29. The SMILES string of the molecule is COc1cc(Br)ccc1C(=O)Nc1ccc(Cl)cc1I. The number of hydrogen-bond donors (Lipinski definition) is 1. The van der Waals surface area contributed by atoms with Crippen LogP contribution in [0.3, 0.4) is 0 Å². The first-order valence-electron chi connectivity index (χ1n) is 5.61. The Balaban J connectivity index is 2.28. The van der Waals surface area contributed by atoms with Gasteiger partial charge in [-0.2, -0.15) is 0 Å². The van der Waals surface area contributed by atoms with E-state index in [2.05, 4.69) is 43.8 Å². The minimum Gasteiger partial charge on any atom is -0.496 e. The van der Waals surface area contributed by atoms with Gasteiger partial charge >= 0.3 is 0 Å². The molecule has 0 bridgehead atoms. The van der Waals surface area contributed by atoms with E-state index in [0.717, 1.165) is 8.04 Å². The molecule has 1 N–H and O–H groups in total. The van der Waals surface area contributed by atoms with Gasteiger partial charge in [-0.05, 0) is 59.0 Å². The van der Waals surface area contributed by atoms with E-state index in [1.54, 1.807) is 36.4 Å². The van der Waals surface area contributed by atoms with E-state index in [9.17, 15) is 4.79 Å². The van der Waals surface area contributed by atoms with Crippen LogP contribution >= 0.6 is 50.1 Å². The van der Waals surface area contributed by atoms with Crippen molar-refractivity contribution < 1.29 is 9.53 Å². The molecule has 0 atom stereocenters. The maximum Gasteiger partial charge on any atom is 0.259 e. The fraction of sp³-hybridized carbons (Fsp3) is 0.0714. The van der Waals surface area contributed by atoms with Crippen molar-refractivity contribution in [1.29, 1.82) is 0 Å². The molecule has 0 aliphatic rings. The van der Waals surface area contributed by atoms with Crippen LogP contribution in [0, 0.1) is 3.57 Å². The van der Waals surface area contributed by atoms with Gasteiger partial charge in [0.2, 0.25) is 0 Å². The van der Waals surface area contributed by atoms with Gasteiger partial charge in [-0.3, -0.25) is 4.79 Å². The number of amides is 1. The molecule has 0 aromatic heterocycles. The van der Waals surface area contributed by atoms with Crippen LogP contribution in [-0.4, -0.2) is 13.0 Å². The van der Waals surface area contributed by atoms with E-state index in [1.807, 2.05) is 0 Å². The minimum absolute atomic E-state index is 0.227. The van der Waals surface area contributed by atoms with Crippen LogP contribution in [0.2, 0.25) is 5.02 Å². The summed E-state index contributed by atoms with van der Waals surface area (Å²) in [5.74, 6) is 0.287. The number of nitrogens with one attached hydrogen (secondary N) is 1. The lowest BCUT2D eigenvalue weighted by molar-refractivity contribution is 0.102. The van der Waals surface area contributed by atoms with Crippen molar-refractivity contribution in [2.45, 2.75) is 0 Å². The summed E-state index contributed by atoms with van der Waals surface area (Å²) in [6.07, 6.45) is 0. The number of ether oxygens (including phenoxy) is 1. The molecule has 0 fully saturated rings. The van der Waals surface area contributed by atoms with Crippen molar-refractivity contribution in [2.24, 2.45) is 0 Å². The lowest BCUT2D eigenvalue weighted by Crippen LogP contribution is -2.14. The molecule has 0 saturated carbocycles. The zero-order valence-electron chi connectivity index (χ0n) is 10.4. The second-order valence-corrected chi connectivity index (χ2v) is 6.44. The predicted octanol–water partition coefficient (Wildman–Crippen LogP) is 4.97. The van der Waals surface area contributed by atoms with E-state index >= 15 is 0 Å². The second-order valence-electron chi connectivity index (χ2n) is 3.92. The summed E-state index contributed by atoms with van der Waals surface area (Å²) >= 11 is 11.4. The lowest BCUT2D eigenvalue weighted by atomic mass is 10.2. The van der Waals surface area contributed by atoms with Crippen LogP contribution < -0.4 is 10.1 Å². The van der Waals surface area contributed by atoms with E-state index in [-0.39, 0.29) is 5.91 Å². The van der Waals surface area contributed by atoms with Crippen LogP contribution in [0.15, 0.2) is 40.9 Å². The molecule has 3 nitrogen and oxygen atoms in total. The predicted molar refractivity (Wildman–Crippen MR) is 92.8 cm³/mol. The number of methoxy groups -OCH3 is 1. The molecule has 2 aromatic rings. The van der Waals surface area contributed by atoms with E-state index < -0.39 is 0 Å². The molecule has 20 heavy (non-hydrogen) atoms. The number of rotatable bonds is 3. The third kappa shape index (κ3) is 3.65. The fourth-order valence-corrected chi connectivity index (χ4v) is 2.98. The zero-order chi connectivity index (χ0) is 14.7. The molecule has 0 heterocycles. The highest BCUT2D eigenvalue weighted by Gasteiger charge is 2.14. The zero-order valence-corrected chi connectivity index (χ0v) is 14.9. The van der Waals surface area contributed by atoms with Crippen LogP contribution in [0.4, 0.5) is 5.69 Å². The third-order valence-corrected chi connectivity index (χ3v) is 4.21. The number of carbonyl (C=O) groups is 1. The largest absolute Gasteiger partial charge is 0.496 e. The van der Waals surface area contributed by atoms with Gasteiger partial charge in [0.05, 0.1) is 18.4 Å². The second kappa shape index (κ2) is 6.78. The highest BCUT2D eigenvalue weighted by Crippen LogP contribution is 2.26. The Bertz CT molecular complexity index is 664. The molecular weight excluding hydrogens is 456 g/mol. The summed E-state index contributed by atoms with van der Waals surface area (Å²) in [4.78, 5) is 12.3. The molecule has 0 aliphatic carbocycles. The van der Waals surface area contributed by atoms with Crippen molar-refractivity contribution >= 4 is 61.7 Å². The molecule has 104 valence electrons. The van der Waals surface area contributed by atoms with Crippen molar-refractivity contribution in [3.63, 3.8) is 0 Å². The molecule has 0 aliphatic heterocycles. The quantitative estimate of drug-likeness (QED) is 0.649. The molecule has 2 rings (SSSR count). The van der Waals surface area contributed by atoms with Crippen molar-refractivity contribution in [3.05, 3.63) is 55.0 Å². The minimum atomic E-state index is -0.227. The first-order chi connectivity index (χ1) is 9.51. The Morgan fingerprint density at radius 2 is 2.05 bits per heavy atom. The maximum absolute atomic E-state index is 12.3. The van der Waals surface area contributed by atoms with Gasteiger partial charge in [-0.1, -0.05) is 27.5 Å². The number of benzene rings is 2. The van der Waals surface area contributed by atoms with E-state index in [0.29, 0.717) is 22.0 Å². The van der Waals surface area contributed by atoms with Crippen LogP contribution in [-0.2, 0) is 0 Å². The molecule has 2 aromatic carbocycles. The highest BCUT2D eigenvalue weighted by atomic mass is 127. The topological polar surface area (TPSA) is 38.3 Å². The van der Waals surface area contributed by atoms with Crippen LogP contribution in [0.5, 0.6) is 5.75 Å². The third-order valence-electron chi connectivity index (χ3n) is 2.59. The van der Waals surface area contributed by atoms with Crippen molar-refractivity contribution in [2.75, 3.05) is 12.4 Å². The summed E-state index contributed by atoms with van der Waals surface area (Å²) in [7, 11) is 1.53. The Morgan fingerprint density at radius 1 is 1.30 bits per heavy atom. The average Bonchev–Trinajstić information content (AvgIpc) is 2.41. The van der Waals surface area contributed by atoms with Crippen LogP contribution in [0.1, 0.15) is 10.4 Å². The van der Waals surface area contributed by atoms with Gasteiger partial charge in [0.15, 0.2) is 0 Å². The average molecular weight is 467 g/mol. The molecule has 0 unspecified atom stereocenters. The monoisotopic (exact) mass is 465 g/mol. The summed E-state index contributed by atoms with van der Waals surface area (Å²) in [5, 5.41) is 3.48.